The molecular formula is C24H44O2. The van der Waals surface area contributed by atoms with E-state index in [1.54, 1.807) is 6.92 Å². The lowest BCUT2D eigenvalue weighted by atomic mass is 9.45. The molecule has 0 N–H and O–H groups in total. The number of rotatable bonds is 1. The average molecular weight is 365 g/mol. The highest BCUT2D eigenvalue weighted by atomic mass is 16.5. The van der Waals surface area contributed by atoms with Gasteiger partial charge in [-0.05, 0) is 80.5 Å². The first-order valence-electron chi connectivity index (χ1n) is 11.1. The predicted molar refractivity (Wildman–Crippen MR) is 110 cm³/mol. The lowest BCUT2D eigenvalue weighted by Gasteiger charge is -2.60. The van der Waals surface area contributed by atoms with Gasteiger partial charge < -0.3 is 4.74 Å². The highest BCUT2D eigenvalue weighted by Gasteiger charge is 2.60. The molecule has 0 aromatic rings. The summed E-state index contributed by atoms with van der Waals surface area (Å²) >= 11 is 0. The van der Waals surface area contributed by atoms with E-state index in [1.807, 2.05) is 13.8 Å². The van der Waals surface area contributed by atoms with Crippen LogP contribution in [0.4, 0.5) is 0 Å². The molecule has 4 aliphatic carbocycles. The van der Waals surface area contributed by atoms with Crippen LogP contribution in [-0.4, -0.2) is 12.1 Å². The molecule has 0 amide bonds. The van der Waals surface area contributed by atoms with Crippen LogP contribution >= 0.6 is 0 Å². The molecule has 4 aliphatic rings. The van der Waals surface area contributed by atoms with E-state index in [0.717, 1.165) is 30.1 Å². The van der Waals surface area contributed by atoms with Gasteiger partial charge in [0.15, 0.2) is 0 Å². The van der Waals surface area contributed by atoms with Gasteiger partial charge in [0.2, 0.25) is 0 Å². The van der Waals surface area contributed by atoms with Crippen molar-refractivity contribution in [3.8, 4) is 0 Å². The van der Waals surface area contributed by atoms with Gasteiger partial charge in [0.25, 0.3) is 0 Å². The Labute approximate surface area is 162 Å². The average Bonchev–Trinajstić information content (AvgIpc) is 2.92. The number of esters is 1. The SMILES string of the molecule is C.CC.CC(=O)OC1CCC2C3CCC4CCCCC4(C)C3CCC12C. The van der Waals surface area contributed by atoms with E-state index in [9.17, 15) is 4.79 Å². The molecule has 4 fully saturated rings. The number of ether oxygens (including phenoxy) is 1. The number of hydrogen-bond acceptors (Lipinski definition) is 2. The Bertz CT molecular complexity index is 487. The van der Waals surface area contributed by atoms with E-state index < -0.39 is 0 Å². The Morgan fingerprint density at radius 1 is 0.846 bits per heavy atom. The number of carbonyl (C=O) groups is 1. The highest BCUT2D eigenvalue weighted by molar-refractivity contribution is 5.66. The topological polar surface area (TPSA) is 26.3 Å². The minimum atomic E-state index is -0.0815. The van der Waals surface area contributed by atoms with Gasteiger partial charge in [-0.2, -0.15) is 0 Å². The molecule has 0 spiro atoms. The van der Waals surface area contributed by atoms with Crippen LogP contribution in [-0.2, 0) is 9.53 Å². The van der Waals surface area contributed by atoms with Crippen molar-refractivity contribution in [2.45, 2.75) is 112 Å². The van der Waals surface area contributed by atoms with Crippen molar-refractivity contribution in [2.24, 2.45) is 34.5 Å². The molecule has 4 rings (SSSR count). The summed E-state index contributed by atoms with van der Waals surface area (Å²) in [6, 6.07) is 0. The Kier molecular flexibility index (Phi) is 6.89. The third kappa shape index (κ3) is 3.35. The van der Waals surface area contributed by atoms with Gasteiger partial charge in [-0.15, -0.1) is 0 Å². The zero-order valence-electron chi connectivity index (χ0n) is 17.3. The Hall–Kier alpha value is -0.530. The minimum absolute atomic E-state index is 0. The molecule has 0 aliphatic heterocycles. The van der Waals surface area contributed by atoms with Crippen molar-refractivity contribution in [3.63, 3.8) is 0 Å². The van der Waals surface area contributed by atoms with E-state index in [1.165, 1.54) is 57.8 Å². The van der Waals surface area contributed by atoms with Crippen LogP contribution in [0.5, 0.6) is 0 Å². The van der Waals surface area contributed by atoms with E-state index >= 15 is 0 Å². The summed E-state index contributed by atoms with van der Waals surface area (Å²) in [6.07, 6.45) is 14.0. The second kappa shape index (κ2) is 8.23. The Balaban J connectivity index is 0.000000784. The van der Waals surface area contributed by atoms with E-state index in [4.69, 9.17) is 4.74 Å². The van der Waals surface area contributed by atoms with Crippen LogP contribution in [0.2, 0.25) is 0 Å². The number of carbonyl (C=O) groups excluding carboxylic acids is 1. The van der Waals surface area contributed by atoms with Crippen LogP contribution in [0.15, 0.2) is 0 Å². The van der Waals surface area contributed by atoms with Crippen LogP contribution in [0.25, 0.3) is 0 Å². The van der Waals surface area contributed by atoms with E-state index in [0.29, 0.717) is 5.41 Å². The summed E-state index contributed by atoms with van der Waals surface area (Å²) in [7, 11) is 0. The third-order valence-electron chi connectivity index (χ3n) is 8.80. The summed E-state index contributed by atoms with van der Waals surface area (Å²) in [5.74, 6) is 3.55. The summed E-state index contributed by atoms with van der Waals surface area (Å²) < 4.78 is 5.76. The summed E-state index contributed by atoms with van der Waals surface area (Å²) in [6.45, 7) is 10.6. The van der Waals surface area contributed by atoms with Crippen molar-refractivity contribution >= 4 is 5.97 Å². The molecule has 0 saturated heterocycles. The lowest BCUT2D eigenvalue weighted by molar-refractivity contribution is -0.161. The van der Waals surface area contributed by atoms with Crippen LogP contribution in [0, 0.1) is 34.5 Å². The molecule has 2 nitrogen and oxygen atoms in total. The molecule has 152 valence electrons. The fourth-order valence-electron chi connectivity index (χ4n) is 7.64. The molecule has 0 heterocycles. The van der Waals surface area contributed by atoms with Gasteiger partial charge in [-0.3, -0.25) is 4.79 Å². The maximum Gasteiger partial charge on any atom is 0.302 e. The van der Waals surface area contributed by atoms with E-state index in [2.05, 4.69) is 13.8 Å². The molecule has 0 aromatic heterocycles. The predicted octanol–water partition coefficient (Wildman–Crippen LogP) is 7.01. The Morgan fingerprint density at radius 3 is 2.23 bits per heavy atom. The van der Waals surface area contributed by atoms with E-state index in [-0.39, 0.29) is 24.9 Å². The molecule has 26 heavy (non-hydrogen) atoms. The zero-order valence-corrected chi connectivity index (χ0v) is 17.3. The Morgan fingerprint density at radius 2 is 1.54 bits per heavy atom. The van der Waals surface area contributed by atoms with Crippen LogP contribution < -0.4 is 0 Å². The van der Waals surface area contributed by atoms with Crippen molar-refractivity contribution < 1.29 is 9.53 Å². The van der Waals surface area contributed by atoms with Gasteiger partial charge in [0.05, 0.1) is 0 Å². The van der Waals surface area contributed by atoms with Crippen molar-refractivity contribution in [3.05, 3.63) is 0 Å². The first-order valence-corrected chi connectivity index (χ1v) is 11.1. The fraction of sp³-hybridized carbons (Fsp3) is 0.958. The van der Waals surface area contributed by atoms with Crippen molar-refractivity contribution in [1.82, 2.24) is 0 Å². The van der Waals surface area contributed by atoms with Gasteiger partial charge in [0.1, 0.15) is 6.10 Å². The third-order valence-corrected chi connectivity index (χ3v) is 8.80. The highest BCUT2D eigenvalue weighted by Crippen LogP contribution is 2.66. The molecule has 7 unspecified atom stereocenters. The van der Waals surface area contributed by atoms with Gasteiger partial charge in [0, 0.05) is 12.3 Å². The van der Waals surface area contributed by atoms with Gasteiger partial charge in [-0.1, -0.05) is 48.0 Å². The zero-order chi connectivity index (χ0) is 18.2. The summed E-state index contributed by atoms with van der Waals surface area (Å²) in [5.41, 5.74) is 0.868. The monoisotopic (exact) mass is 364 g/mol. The number of fused-ring (bicyclic) bond motifs is 5. The van der Waals surface area contributed by atoms with Gasteiger partial charge >= 0.3 is 5.97 Å². The quantitative estimate of drug-likeness (QED) is 0.468. The maximum absolute atomic E-state index is 11.5. The van der Waals surface area contributed by atoms with Crippen LogP contribution in [0.3, 0.4) is 0 Å². The second-order valence-corrected chi connectivity index (χ2v) is 9.62. The second-order valence-electron chi connectivity index (χ2n) is 9.62. The van der Waals surface area contributed by atoms with Gasteiger partial charge in [-0.25, -0.2) is 0 Å². The first kappa shape index (κ1) is 21.8. The van der Waals surface area contributed by atoms with Crippen molar-refractivity contribution in [2.75, 3.05) is 0 Å². The normalized spacial score (nSPS) is 46.4. The molecular weight excluding hydrogens is 320 g/mol. The summed E-state index contributed by atoms with van der Waals surface area (Å²) in [4.78, 5) is 11.5. The molecule has 0 bridgehead atoms. The lowest BCUT2D eigenvalue weighted by Crippen LogP contribution is -2.53. The molecule has 2 heteroatoms. The molecule has 4 saturated carbocycles. The minimum Gasteiger partial charge on any atom is -0.462 e. The maximum atomic E-state index is 11.5. The summed E-state index contributed by atoms with van der Waals surface area (Å²) in [5, 5.41) is 0. The molecule has 0 radical (unpaired) electrons. The smallest absolute Gasteiger partial charge is 0.302 e. The first-order chi connectivity index (χ1) is 11.9. The standard InChI is InChI=1S/C21H34O2.C2H6.CH4/c1-14(22)23-19-10-9-17-16-8-7-15-6-4-5-12-20(15,2)18(16)11-13-21(17,19)3;1-2;/h15-19H,4-13H2,1-3H3;1-2H3;1H4. The fourth-order valence-corrected chi connectivity index (χ4v) is 7.64. The van der Waals surface area contributed by atoms with Crippen LogP contribution in [0.1, 0.15) is 106 Å². The molecule has 7 atom stereocenters. The molecule has 0 aromatic carbocycles. The number of hydrogen-bond donors (Lipinski definition) is 0. The van der Waals surface area contributed by atoms with Crippen molar-refractivity contribution in [1.29, 1.82) is 0 Å². The largest absolute Gasteiger partial charge is 0.462 e.